The van der Waals surface area contributed by atoms with Crippen molar-refractivity contribution < 1.29 is 9.47 Å². The minimum Gasteiger partial charge on any atom is -0.494 e. The van der Waals surface area contributed by atoms with Crippen molar-refractivity contribution in [3.63, 3.8) is 0 Å². The zero-order valence-corrected chi connectivity index (χ0v) is 13.9. The first-order valence-corrected chi connectivity index (χ1v) is 8.03. The van der Waals surface area contributed by atoms with Gasteiger partial charge in [0.15, 0.2) is 5.11 Å². The van der Waals surface area contributed by atoms with Gasteiger partial charge in [-0.05, 0) is 68.7 Å². The maximum Gasteiger partial charge on any atom is 0.187 e. The summed E-state index contributed by atoms with van der Waals surface area (Å²) in [7, 11) is 0. The van der Waals surface area contributed by atoms with Crippen molar-refractivity contribution in [1.29, 1.82) is 0 Å². The van der Waals surface area contributed by atoms with Crippen LogP contribution < -0.4 is 15.5 Å². The number of thiocarbonyl (C=S) groups is 1. The lowest BCUT2D eigenvalue weighted by Crippen LogP contribution is -2.37. The highest BCUT2D eigenvalue weighted by Crippen LogP contribution is 2.12. The molecule has 0 radical (unpaired) electrons. The van der Waals surface area contributed by atoms with Crippen LogP contribution in [0.2, 0.25) is 0 Å². The minimum absolute atomic E-state index is 0.260. The van der Waals surface area contributed by atoms with Gasteiger partial charge in [0, 0.05) is 13.2 Å². The van der Waals surface area contributed by atoms with Gasteiger partial charge in [-0.2, -0.15) is 5.10 Å². The number of hydrogen-bond acceptors (Lipinski definition) is 4. The molecule has 1 aliphatic heterocycles. The third-order valence-electron chi connectivity index (χ3n) is 3.42. The second kappa shape index (κ2) is 8.70. The Labute approximate surface area is 137 Å². The number of hydrazone groups is 1. The molecule has 120 valence electrons. The summed E-state index contributed by atoms with van der Waals surface area (Å²) in [5, 5.41) is 7.94. The number of benzene rings is 1. The molecule has 0 aliphatic carbocycles. The van der Waals surface area contributed by atoms with E-state index in [1.165, 1.54) is 0 Å². The van der Waals surface area contributed by atoms with Gasteiger partial charge in [0.25, 0.3) is 0 Å². The lowest BCUT2D eigenvalue weighted by atomic mass is 10.1. The highest BCUT2D eigenvalue weighted by Gasteiger charge is 2.15. The molecule has 1 aromatic rings. The van der Waals surface area contributed by atoms with E-state index < -0.39 is 0 Å². The quantitative estimate of drug-likeness (QED) is 0.479. The van der Waals surface area contributed by atoms with Crippen molar-refractivity contribution in [2.45, 2.75) is 32.8 Å². The van der Waals surface area contributed by atoms with Crippen LogP contribution in [0.1, 0.15) is 32.3 Å². The number of nitrogens with zero attached hydrogens (tertiary/aromatic N) is 1. The van der Waals surface area contributed by atoms with Crippen LogP contribution in [0.5, 0.6) is 5.75 Å². The van der Waals surface area contributed by atoms with E-state index in [0.29, 0.717) is 11.7 Å². The van der Waals surface area contributed by atoms with Crippen LogP contribution in [-0.2, 0) is 4.74 Å². The van der Waals surface area contributed by atoms with Crippen molar-refractivity contribution in [3.05, 3.63) is 29.8 Å². The molecule has 0 unspecified atom stereocenters. The van der Waals surface area contributed by atoms with Crippen molar-refractivity contribution in [3.8, 4) is 5.75 Å². The molecule has 0 spiro atoms. The van der Waals surface area contributed by atoms with E-state index >= 15 is 0 Å². The lowest BCUT2D eigenvalue weighted by Gasteiger charge is -2.12. The summed E-state index contributed by atoms with van der Waals surface area (Å²) < 4.78 is 11.0. The Morgan fingerprint density at radius 3 is 2.82 bits per heavy atom. The number of hydrogen-bond donors (Lipinski definition) is 2. The van der Waals surface area contributed by atoms with Gasteiger partial charge >= 0.3 is 0 Å². The maximum atomic E-state index is 5.53. The van der Waals surface area contributed by atoms with Crippen LogP contribution in [0.15, 0.2) is 29.4 Å². The van der Waals surface area contributed by atoms with Crippen LogP contribution >= 0.6 is 12.2 Å². The molecule has 2 N–H and O–H groups in total. The summed E-state index contributed by atoms with van der Waals surface area (Å²) in [6.45, 7) is 6.14. The molecule has 6 heteroatoms. The van der Waals surface area contributed by atoms with E-state index in [1.807, 2.05) is 38.1 Å². The van der Waals surface area contributed by atoms with E-state index in [4.69, 9.17) is 21.7 Å². The first kappa shape index (κ1) is 16.7. The predicted molar refractivity (Wildman–Crippen MR) is 92.5 cm³/mol. The molecule has 1 heterocycles. The summed E-state index contributed by atoms with van der Waals surface area (Å²) in [6.07, 6.45) is 2.47. The normalized spacial score (nSPS) is 18.1. The third-order valence-corrected chi connectivity index (χ3v) is 3.66. The molecule has 22 heavy (non-hydrogen) atoms. The molecule has 1 fully saturated rings. The predicted octanol–water partition coefficient (Wildman–Crippen LogP) is 2.45. The molecule has 2 rings (SSSR count). The molecule has 1 saturated heterocycles. The van der Waals surface area contributed by atoms with Crippen molar-refractivity contribution in [2.75, 3.05) is 19.8 Å². The second-order valence-corrected chi connectivity index (χ2v) is 5.52. The van der Waals surface area contributed by atoms with Gasteiger partial charge in [0.1, 0.15) is 5.75 Å². The summed E-state index contributed by atoms with van der Waals surface area (Å²) in [4.78, 5) is 0. The van der Waals surface area contributed by atoms with Gasteiger partial charge in [0.05, 0.1) is 18.4 Å². The molecule has 1 aliphatic rings. The molecule has 0 amide bonds. The Morgan fingerprint density at radius 2 is 2.18 bits per heavy atom. The Bertz CT molecular complexity index is 511. The largest absolute Gasteiger partial charge is 0.494 e. The first-order valence-electron chi connectivity index (χ1n) is 7.62. The minimum atomic E-state index is 0.260. The van der Waals surface area contributed by atoms with E-state index in [-0.39, 0.29) is 6.10 Å². The van der Waals surface area contributed by atoms with Crippen molar-refractivity contribution >= 4 is 23.0 Å². The monoisotopic (exact) mass is 321 g/mol. The highest BCUT2D eigenvalue weighted by atomic mass is 32.1. The third kappa shape index (κ3) is 5.27. The molecule has 0 saturated carbocycles. The highest BCUT2D eigenvalue weighted by molar-refractivity contribution is 7.80. The maximum absolute atomic E-state index is 5.53. The Morgan fingerprint density at radius 1 is 1.41 bits per heavy atom. The molecule has 1 aromatic carbocycles. The fourth-order valence-electron chi connectivity index (χ4n) is 2.21. The van der Waals surface area contributed by atoms with Crippen LogP contribution in [0.25, 0.3) is 0 Å². The molecule has 0 bridgehead atoms. The molecular weight excluding hydrogens is 298 g/mol. The average molecular weight is 321 g/mol. The van der Waals surface area contributed by atoms with E-state index in [0.717, 1.165) is 43.0 Å². The van der Waals surface area contributed by atoms with Gasteiger partial charge in [-0.3, -0.25) is 5.43 Å². The van der Waals surface area contributed by atoms with Crippen LogP contribution in [0.4, 0.5) is 0 Å². The number of rotatable bonds is 6. The lowest BCUT2D eigenvalue weighted by molar-refractivity contribution is 0.114. The Kier molecular flexibility index (Phi) is 6.61. The van der Waals surface area contributed by atoms with Gasteiger partial charge in [-0.25, -0.2) is 0 Å². The SMILES string of the molecule is CCOc1ccc(/C(C)=N\NC(=S)NC[C@H]2CCCO2)cc1. The summed E-state index contributed by atoms with van der Waals surface area (Å²) in [6, 6.07) is 7.83. The van der Waals surface area contributed by atoms with Gasteiger partial charge in [-0.1, -0.05) is 0 Å². The van der Waals surface area contributed by atoms with E-state index in [1.54, 1.807) is 0 Å². The van der Waals surface area contributed by atoms with Crippen molar-refractivity contribution in [1.82, 2.24) is 10.7 Å². The standard InChI is InChI=1S/C16H23N3O2S/c1-3-20-14-8-6-13(7-9-14)12(2)18-19-16(22)17-11-15-5-4-10-21-15/h6-9,15H,3-5,10-11H2,1-2H3,(H2,17,19,22)/b18-12-/t15-/m1/s1. The fraction of sp³-hybridized carbons (Fsp3) is 0.500. The second-order valence-electron chi connectivity index (χ2n) is 5.11. The summed E-state index contributed by atoms with van der Waals surface area (Å²) >= 11 is 5.21. The van der Waals surface area contributed by atoms with Crippen molar-refractivity contribution in [2.24, 2.45) is 5.10 Å². The smallest absolute Gasteiger partial charge is 0.187 e. The molecule has 1 atom stereocenters. The van der Waals surface area contributed by atoms with Crippen LogP contribution in [0.3, 0.4) is 0 Å². The zero-order valence-electron chi connectivity index (χ0n) is 13.1. The fourth-order valence-corrected chi connectivity index (χ4v) is 2.34. The van der Waals surface area contributed by atoms with Gasteiger partial charge in [-0.15, -0.1) is 0 Å². The molecule has 5 nitrogen and oxygen atoms in total. The zero-order chi connectivity index (χ0) is 15.8. The topological polar surface area (TPSA) is 54.9 Å². The van der Waals surface area contributed by atoms with Crippen LogP contribution in [0, 0.1) is 0 Å². The van der Waals surface area contributed by atoms with E-state index in [9.17, 15) is 0 Å². The van der Waals surface area contributed by atoms with Gasteiger partial charge in [0.2, 0.25) is 0 Å². The number of nitrogens with one attached hydrogen (secondary N) is 2. The van der Waals surface area contributed by atoms with Gasteiger partial charge < -0.3 is 14.8 Å². The molecule has 0 aromatic heterocycles. The van der Waals surface area contributed by atoms with Crippen LogP contribution in [-0.4, -0.2) is 36.7 Å². The molecular formula is C16H23N3O2S. The summed E-state index contributed by atoms with van der Waals surface area (Å²) in [5.74, 6) is 0.862. The Hall–Kier alpha value is -1.66. The Balaban J connectivity index is 1.79. The first-order chi connectivity index (χ1) is 10.7. The average Bonchev–Trinajstić information content (AvgIpc) is 3.05. The van der Waals surface area contributed by atoms with E-state index in [2.05, 4.69) is 15.8 Å². The number of ether oxygens (including phenoxy) is 2. The summed E-state index contributed by atoms with van der Waals surface area (Å²) in [5.41, 5.74) is 4.76.